The molecule has 0 spiro atoms. The van der Waals surface area contributed by atoms with Gasteiger partial charge in [-0.3, -0.25) is 9.59 Å². The van der Waals surface area contributed by atoms with Crippen molar-refractivity contribution >= 4 is 17.5 Å². The molecular formula is C13H14FN3O2. The van der Waals surface area contributed by atoms with Crippen molar-refractivity contribution in [3.63, 3.8) is 0 Å². The van der Waals surface area contributed by atoms with Crippen LogP contribution in [-0.2, 0) is 16.1 Å². The van der Waals surface area contributed by atoms with E-state index in [4.69, 9.17) is 0 Å². The number of nitrogens with zero attached hydrogens (tertiary/aromatic N) is 2. The molecular weight excluding hydrogens is 249 g/mol. The van der Waals surface area contributed by atoms with E-state index in [0.29, 0.717) is 24.2 Å². The number of carbonyl (C=O) groups excluding carboxylic acids is 2. The molecule has 0 radical (unpaired) electrons. The maximum absolute atomic E-state index is 13.0. The summed E-state index contributed by atoms with van der Waals surface area (Å²) in [6, 6.07) is 6.08. The highest BCUT2D eigenvalue weighted by molar-refractivity contribution is 6.39. The van der Waals surface area contributed by atoms with Crippen LogP contribution in [0.5, 0.6) is 0 Å². The number of hydrazone groups is 1. The van der Waals surface area contributed by atoms with Crippen LogP contribution in [0.3, 0.4) is 0 Å². The van der Waals surface area contributed by atoms with Crippen molar-refractivity contribution in [2.75, 3.05) is 7.05 Å². The Bertz CT molecular complexity index is 542. The van der Waals surface area contributed by atoms with Gasteiger partial charge in [0.05, 0.1) is 0 Å². The smallest absolute Gasteiger partial charge is 0.270 e. The molecule has 2 amide bonds. The van der Waals surface area contributed by atoms with Crippen molar-refractivity contribution in [1.29, 1.82) is 0 Å². The van der Waals surface area contributed by atoms with Crippen molar-refractivity contribution in [1.82, 2.24) is 10.3 Å². The molecule has 0 unspecified atom stereocenters. The Balaban J connectivity index is 2.02. The average molecular weight is 263 g/mol. The Morgan fingerprint density at radius 3 is 2.89 bits per heavy atom. The van der Waals surface area contributed by atoms with E-state index in [1.165, 1.54) is 17.0 Å². The first-order valence-corrected chi connectivity index (χ1v) is 5.91. The predicted molar refractivity (Wildman–Crippen MR) is 67.7 cm³/mol. The quantitative estimate of drug-likeness (QED) is 0.886. The third-order valence-corrected chi connectivity index (χ3v) is 2.81. The van der Waals surface area contributed by atoms with Gasteiger partial charge < -0.3 is 4.90 Å². The number of rotatable bonds is 3. The Kier molecular flexibility index (Phi) is 3.89. The summed E-state index contributed by atoms with van der Waals surface area (Å²) >= 11 is 0. The third kappa shape index (κ3) is 3.37. The number of amides is 2. The molecule has 1 heterocycles. The Morgan fingerprint density at radius 1 is 1.47 bits per heavy atom. The Labute approximate surface area is 110 Å². The normalized spacial score (nSPS) is 14.6. The molecule has 100 valence electrons. The number of carbonyl (C=O) groups is 2. The monoisotopic (exact) mass is 263 g/mol. The van der Waals surface area contributed by atoms with Gasteiger partial charge >= 0.3 is 0 Å². The van der Waals surface area contributed by atoms with Gasteiger partial charge in [0.15, 0.2) is 0 Å². The standard InChI is InChI=1S/C13H14FN3O2/c1-17(8-9-3-2-4-10(14)7-9)13(19)11-5-6-12(18)16-15-11/h2-4,7H,5-6,8H2,1H3,(H,16,18). The minimum Gasteiger partial charge on any atom is -0.336 e. The highest BCUT2D eigenvalue weighted by Crippen LogP contribution is 2.08. The van der Waals surface area contributed by atoms with Gasteiger partial charge in [-0.05, 0) is 17.7 Å². The first-order valence-electron chi connectivity index (χ1n) is 5.91. The Morgan fingerprint density at radius 2 is 2.26 bits per heavy atom. The van der Waals surface area contributed by atoms with Crippen LogP contribution in [0.1, 0.15) is 18.4 Å². The van der Waals surface area contributed by atoms with Gasteiger partial charge in [0.25, 0.3) is 5.91 Å². The summed E-state index contributed by atoms with van der Waals surface area (Å²) in [5.41, 5.74) is 3.31. The minimum atomic E-state index is -0.333. The van der Waals surface area contributed by atoms with Crippen LogP contribution in [0.15, 0.2) is 29.4 Å². The van der Waals surface area contributed by atoms with Gasteiger partial charge in [-0.2, -0.15) is 5.10 Å². The highest BCUT2D eigenvalue weighted by Gasteiger charge is 2.21. The van der Waals surface area contributed by atoms with Crippen LogP contribution in [0.2, 0.25) is 0 Å². The van der Waals surface area contributed by atoms with Gasteiger partial charge in [-0.15, -0.1) is 0 Å². The zero-order valence-electron chi connectivity index (χ0n) is 10.5. The number of benzene rings is 1. The lowest BCUT2D eigenvalue weighted by Gasteiger charge is -2.20. The van der Waals surface area contributed by atoms with Crippen LogP contribution in [0, 0.1) is 5.82 Å². The largest absolute Gasteiger partial charge is 0.336 e. The summed E-state index contributed by atoms with van der Waals surface area (Å²) < 4.78 is 13.0. The maximum atomic E-state index is 13.0. The van der Waals surface area contributed by atoms with Crippen molar-refractivity contribution in [3.05, 3.63) is 35.6 Å². The lowest BCUT2D eigenvalue weighted by molar-refractivity contribution is -0.124. The van der Waals surface area contributed by atoms with Crippen molar-refractivity contribution in [2.24, 2.45) is 5.10 Å². The molecule has 5 nitrogen and oxygen atoms in total. The van der Waals surface area contributed by atoms with E-state index in [0.717, 1.165) is 0 Å². The highest BCUT2D eigenvalue weighted by atomic mass is 19.1. The van der Waals surface area contributed by atoms with E-state index in [2.05, 4.69) is 10.5 Å². The second-order valence-corrected chi connectivity index (χ2v) is 4.38. The molecule has 0 atom stereocenters. The molecule has 6 heteroatoms. The lowest BCUT2D eigenvalue weighted by atomic mass is 10.1. The van der Waals surface area contributed by atoms with Crippen LogP contribution in [0.4, 0.5) is 4.39 Å². The molecule has 1 aliphatic rings. The molecule has 0 aliphatic carbocycles. The zero-order chi connectivity index (χ0) is 13.8. The van der Waals surface area contributed by atoms with E-state index >= 15 is 0 Å². The second kappa shape index (κ2) is 5.60. The van der Waals surface area contributed by atoms with Gasteiger partial charge in [-0.1, -0.05) is 12.1 Å². The summed E-state index contributed by atoms with van der Waals surface area (Å²) in [7, 11) is 1.62. The molecule has 0 saturated heterocycles. The fourth-order valence-corrected chi connectivity index (χ4v) is 1.83. The van der Waals surface area contributed by atoms with Crippen LogP contribution >= 0.6 is 0 Å². The molecule has 0 saturated carbocycles. The lowest BCUT2D eigenvalue weighted by Crippen LogP contribution is -2.37. The number of nitrogens with one attached hydrogen (secondary N) is 1. The number of hydrogen-bond acceptors (Lipinski definition) is 3. The summed E-state index contributed by atoms with van der Waals surface area (Å²) in [4.78, 5) is 24.4. The topological polar surface area (TPSA) is 61.8 Å². The molecule has 2 rings (SSSR count). The fraction of sp³-hybridized carbons (Fsp3) is 0.308. The van der Waals surface area contributed by atoms with Crippen LogP contribution in [-0.4, -0.2) is 29.5 Å². The summed E-state index contributed by atoms with van der Waals surface area (Å²) in [5, 5.41) is 3.74. The van der Waals surface area contributed by atoms with Gasteiger partial charge in [0.1, 0.15) is 11.5 Å². The molecule has 0 fully saturated rings. The Hall–Kier alpha value is -2.24. The summed E-state index contributed by atoms with van der Waals surface area (Å²) in [5.74, 6) is -0.783. The minimum absolute atomic E-state index is 0.190. The molecule has 1 aromatic rings. The van der Waals surface area contributed by atoms with Gasteiger partial charge in [0, 0.05) is 26.4 Å². The van der Waals surface area contributed by atoms with Crippen LogP contribution < -0.4 is 5.43 Å². The van der Waals surface area contributed by atoms with E-state index in [1.807, 2.05) is 0 Å². The fourth-order valence-electron chi connectivity index (χ4n) is 1.83. The molecule has 19 heavy (non-hydrogen) atoms. The zero-order valence-corrected chi connectivity index (χ0v) is 10.5. The number of hydrogen-bond donors (Lipinski definition) is 1. The van der Waals surface area contributed by atoms with E-state index in [1.54, 1.807) is 19.2 Å². The summed E-state index contributed by atoms with van der Waals surface area (Å²) in [6.45, 7) is 0.295. The average Bonchev–Trinajstić information content (AvgIpc) is 2.39. The molecule has 0 bridgehead atoms. The van der Waals surface area contributed by atoms with Crippen molar-refractivity contribution in [3.8, 4) is 0 Å². The summed E-state index contributed by atoms with van der Waals surface area (Å²) in [6.07, 6.45) is 0.594. The molecule has 1 aromatic carbocycles. The van der Waals surface area contributed by atoms with E-state index in [-0.39, 0.29) is 24.1 Å². The maximum Gasteiger partial charge on any atom is 0.270 e. The SMILES string of the molecule is CN(Cc1cccc(F)c1)C(=O)C1=NNC(=O)CC1. The predicted octanol–water partition coefficient (Wildman–Crippen LogP) is 1.05. The molecule has 1 N–H and O–H groups in total. The molecule has 1 aliphatic heterocycles. The second-order valence-electron chi connectivity index (χ2n) is 4.38. The number of halogens is 1. The third-order valence-electron chi connectivity index (χ3n) is 2.81. The first-order chi connectivity index (χ1) is 9.06. The van der Waals surface area contributed by atoms with E-state index in [9.17, 15) is 14.0 Å². The van der Waals surface area contributed by atoms with Crippen molar-refractivity contribution < 1.29 is 14.0 Å². The van der Waals surface area contributed by atoms with Gasteiger partial charge in [0.2, 0.25) is 5.91 Å². The molecule has 0 aromatic heterocycles. The van der Waals surface area contributed by atoms with Gasteiger partial charge in [-0.25, -0.2) is 9.82 Å². The van der Waals surface area contributed by atoms with Crippen LogP contribution in [0.25, 0.3) is 0 Å². The first kappa shape index (κ1) is 13.2. The van der Waals surface area contributed by atoms with E-state index < -0.39 is 0 Å². The van der Waals surface area contributed by atoms with Crippen molar-refractivity contribution in [2.45, 2.75) is 19.4 Å².